The Labute approximate surface area is 154 Å². The number of benzene rings is 2. The molecule has 0 spiro atoms. The molecular formula is C19H23N3O3S. The second-order valence-corrected chi connectivity index (χ2v) is 7.96. The first kappa shape index (κ1) is 18.4. The highest BCUT2D eigenvalue weighted by Crippen LogP contribution is 2.29. The standard InChI is InChI=1S/C19H23N3O3S/c1-2-20-26(24,25)16-11-9-15(10-12-16)19(23)21-17-7-3-4-8-18(17)22-13-5-6-14-22/h3-4,7-12,20H,2,5-6,13-14H2,1H3,(H,21,23). The van der Waals surface area contributed by atoms with Crippen molar-refractivity contribution in [1.29, 1.82) is 0 Å². The van der Waals surface area contributed by atoms with Crippen LogP contribution in [0.3, 0.4) is 0 Å². The normalized spacial score (nSPS) is 14.4. The van der Waals surface area contributed by atoms with Crippen molar-refractivity contribution in [2.24, 2.45) is 0 Å². The van der Waals surface area contributed by atoms with Gasteiger partial charge in [0, 0.05) is 25.2 Å². The van der Waals surface area contributed by atoms with Crippen LogP contribution >= 0.6 is 0 Å². The SMILES string of the molecule is CCNS(=O)(=O)c1ccc(C(=O)Nc2ccccc2N2CCCC2)cc1. The molecule has 0 atom stereocenters. The van der Waals surface area contributed by atoms with Gasteiger partial charge in [0.1, 0.15) is 0 Å². The largest absolute Gasteiger partial charge is 0.370 e. The number of amides is 1. The van der Waals surface area contributed by atoms with Crippen LogP contribution in [0.5, 0.6) is 0 Å². The number of sulfonamides is 1. The average Bonchev–Trinajstić information content (AvgIpc) is 3.17. The number of hydrogen-bond acceptors (Lipinski definition) is 4. The highest BCUT2D eigenvalue weighted by atomic mass is 32.2. The Hall–Kier alpha value is -2.38. The van der Waals surface area contributed by atoms with Crippen LogP contribution in [0.4, 0.5) is 11.4 Å². The van der Waals surface area contributed by atoms with Gasteiger partial charge in [0.25, 0.3) is 5.91 Å². The number of anilines is 2. The topological polar surface area (TPSA) is 78.5 Å². The lowest BCUT2D eigenvalue weighted by atomic mass is 10.2. The minimum Gasteiger partial charge on any atom is -0.370 e. The molecule has 2 N–H and O–H groups in total. The molecule has 1 aliphatic heterocycles. The number of carbonyl (C=O) groups excluding carboxylic acids is 1. The van der Waals surface area contributed by atoms with Crippen molar-refractivity contribution in [2.75, 3.05) is 29.9 Å². The zero-order valence-corrected chi connectivity index (χ0v) is 15.6. The summed E-state index contributed by atoms with van der Waals surface area (Å²) in [7, 11) is -3.52. The lowest BCUT2D eigenvalue weighted by Crippen LogP contribution is -2.23. The van der Waals surface area contributed by atoms with Gasteiger partial charge < -0.3 is 10.2 Å². The molecule has 1 amide bonds. The van der Waals surface area contributed by atoms with Crippen LogP contribution in [0, 0.1) is 0 Å². The first-order chi connectivity index (χ1) is 12.5. The second kappa shape index (κ2) is 7.88. The lowest BCUT2D eigenvalue weighted by Gasteiger charge is -2.21. The smallest absolute Gasteiger partial charge is 0.255 e. The number of para-hydroxylation sites is 2. The third-order valence-electron chi connectivity index (χ3n) is 4.36. The van der Waals surface area contributed by atoms with Crippen molar-refractivity contribution in [3.05, 3.63) is 54.1 Å². The van der Waals surface area contributed by atoms with Gasteiger partial charge in [0.05, 0.1) is 16.3 Å². The van der Waals surface area contributed by atoms with E-state index in [0.717, 1.165) is 37.3 Å². The number of nitrogens with zero attached hydrogens (tertiary/aromatic N) is 1. The summed E-state index contributed by atoms with van der Waals surface area (Å²) < 4.78 is 26.4. The van der Waals surface area contributed by atoms with E-state index in [0.29, 0.717) is 12.1 Å². The number of carbonyl (C=O) groups is 1. The Bertz CT molecular complexity index is 873. The summed E-state index contributed by atoms with van der Waals surface area (Å²) in [5.74, 6) is -0.260. The first-order valence-corrected chi connectivity index (χ1v) is 10.2. The van der Waals surface area contributed by atoms with Crippen molar-refractivity contribution in [3.8, 4) is 0 Å². The molecule has 0 saturated carbocycles. The van der Waals surface area contributed by atoms with Crippen LogP contribution in [0.2, 0.25) is 0 Å². The number of hydrogen-bond donors (Lipinski definition) is 2. The molecule has 1 fully saturated rings. The van der Waals surface area contributed by atoms with E-state index in [9.17, 15) is 13.2 Å². The molecule has 1 saturated heterocycles. The molecule has 138 valence electrons. The van der Waals surface area contributed by atoms with E-state index in [1.807, 2.05) is 24.3 Å². The second-order valence-electron chi connectivity index (χ2n) is 6.19. The summed E-state index contributed by atoms with van der Waals surface area (Å²) >= 11 is 0. The number of nitrogens with one attached hydrogen (secondary N) is 2. The van der Waals surface area contributed by atoms with E-state index in [1.54, 1.807) is 6.92 Å². The predicted octanol–water partition coefficient (Wildman–Crippen LogP) is 2.84. The Morgan fingerprint density at radius 3 is 2.35 bits per heavy atom. The summed E-state index contributed by atoms with van der Waals surface area (Å²) in [6.45, 7) is 4.02. The van der Waals surface area contributed by atoms with Gasteiger partial charge in [-0.2, -0.15) is 0 Å². The van der Waals surface area contributed by atoms with Gasteiger partial charge in [-0.25, -0.2) is 13.1 Å². The third-order valence-corrected chi connectivity index (χ3v) is 5.92. The van der Waals surface area contributed by atoms with Crippen LogP contribution < -0.4 is 14.9 Å². The molecule has 2 aromatic rings. The average molecular weight is 373 g/mol. The molecule has 7 heteroatoms. The monoisotopic (exact) mass is 373 g/mol. The van der Waals surface area contributed by atoms with Crippen molar-refractivity contribution in [2.45, 2.75) is 24.7 Å². The molecule has 0 bridgehead atoms. The summed E-state index contributed by atoms with van der Waals surface area (Å²) in [6.07, 6.45) is 2.31. The van der Waals surface area contributed by atoms with E-state index in [2.05, 4.69) is 14.9 Å². The highest BCUT2D eigenvalue weighted by Gasteiger charge is 2.18. The molecule has 1 heterocycles. The van der Waals surface area contributed by atoms with Crippen LogP contribution in [-0.2, 0) is 10.0 Å². The molecule has 2 aromatic carbocycles. The van der Waals surface area contributed by atoms with Gasteiger partial charge in [-0.1, -0.05) is 19.1 Å². The summed E-state index contributed by atoms with van der Waals surface area (Å²) in [5.41, 5.74) is 2.20. The summed E-state index contributed by atoms with van der Waals surface area (Å²) in [4.78, 5) is 15.0. The van der Waals surface area contributed by atoms with Crippen LogP contribution in [-0.4, -0.2) is 34.0 Å². The van der Waals surface area contributed by atoms with Gasteiger partial charge in [0.15, 0.2) is 0 Å². The van der Waals surface area contributed by atoms with E-state index in [4.69, 9.17) is 0 Å². The van der Waals surface area contributed by atoms with E-state index in [-0.39, 0.29) is 10.8 Å². The van der Waals surface area contributed by atoms with Crippen LogP contribution in [0.1, 0.15) is 30.1 Å². The maximum Gasteiger partial charge on any atom is 0.255 e. The minimum atomic E-state index is -3.52. The molecule has 1 aliphatic rings. The number of rotatable bonds is 6. The van der Waals surface area contributed by atoms with Gasteiger partial charge in [-0.15, -0.1) is 0 Å². The lowest BCUT2D eigenvalue weighted by molar-refractivity contribution is 0.102. The first-order valence-electron chi connectivity index (χ1n) is 8.76. The molecule has 26 heavy (non-hydrogen) atoms. The molecule has 0 unspecified atom stereocenters. The van der Waals surface area contributed by atoms with Gasteiger partial charge in [-0.05, 0) is 49.2 Å². The van der Waals surface area contributed by atoms with Crippen molar-refractivity contribution < 1.29 is 13.2 Å². The van der Waals surface area contributed by atoms with Crippen molar-refractivity contribution in [1.82, 2.24) is 4.72 Å². The Morgan fingerprint density at radius 2 is 1.69 bits per heavy atom. The maximum absolute atomic E-state index is 12.6. The third kappa shape index (κ3) is 4.05. The van der Waals surface area contributed by atoms with Crippen LogP contribution in [0.15, 0.2) is 53.4 Å². The Morgan fingerprint density at radius 1 is 1.04 bits per heavy atom. The fourth-order valence-corrected chi connectivity index (χ4v) is 4.11. The van der Waals surface area contributed by atoms with Gasteiger partial charge in [0.2, 0.25) is 10.0 Å². The van der Waals surface area contributed by atoms with Crippen LogP contribution in [0.25, 0.3) is 0 Å². The Balaban J connectivity index is 1.77. The maximum atomic E-state index is 12.6. The quantitative estimate of drug-likeness (QED) is 0.816. The molecule has 6 nitrogen and oxygen atoms in total. The van der Waals surface area contributed by atoms with E-state index >= 15 is 0 Å². The van der Waals surface area contributed by atoms with E-state index < -0.39 is 10.0 Å². The fourth-order valence-electron chi connectivity index (χ4n) is 3.07. The zero-order chi connectivity index (χ0) is 18.6. The molecule has 0 aliphatic carbocycles. The zero-order valence-electron chi connectivity index (χ0n) is 14.7. The molecule has 0 aromatic heterocycles. The highest BCUT2D eigenvalue weighted by molar-refractivity contribution is 7.89. The summed E-state index contributed by atoms with van der Waals surface area (Å²) in [6, 6.07) is 13.7. The molecule has 0 radical (unpaired) electrons. The van der Waals surface area contributed by atoms with E-state index in [1.165, 1.54) is 24.3 Å². The molecular weight excluding hydrogens is 350 g/mol. The van der Waals surface area contributed by atoms with Gasteiger partial charge in [-0.3, -0.25) is 4.79 Å². The molecule has 3 rings (SSSR count). The van der Waals surface area contributed by atoms with Crippen molar-refractivity contribution in [3.63, 3.8) is 0 Å². The van der Waals surface area contributed by atoms with Crippen molar-refractivity contribution >= 4 is 27.3 Å². The Kier molecular flexibility index (Phi) is 5.58. The minimum absolute atomic E-state index is 0.147. The predicted molar refractivity (Wildman–Crippen MR) is 103 cm³/mol. The summed E-state index contributed by atoms with van der Waals surface area (Å²) in [5, 5.41) is 2.94. The fraction of sp³-hybridized carbons (Fsp3) is 0.316. The van der Waals surface area contributed by atoms with Gasteiger partial charge >= 0.3 is 0 Å².